The minimum Gasteiger partial charge on any atom is -0.413 e. The second-order valence-electron chi connectivity index (χ2n) is 6.37. The Bertz CT molecular complexity index is 419. The molecule has 1 rings (SSSR count). The lowest BCUT2D eigenvalue weighted by Gasteiger charge is -2.36. The number of benzene rings is 1. The summed E-state index contributed by atoms with van der Waals surface area (Å²) in [6.07, 6.45) is 0. The molecule has 0 bridgehead atoms. The SMILES string of the molecule is CN=NCc1ccc(CO[Si](C)(C)C(C)(C)C)cc1. The van der Waals surface area contributed by atoms with Gasteiger partial charge in [-0.3, -0.25) is 0 Å². The predicted molar refractivity (Wildman–Crippen MR) is 82.9 cm³/mol. The van der Waals surface area contributed by atoms with E-state index in [1.54, 1.807) is 7.05 Å². The molecule has 1 aromatic rings. The molecule has 0 amide bonds. The van der Waals surface area contributed by atoms with Gasteiger partial charge < -0.3 is 4.43 Å². The van der Waals surface area contributed by atoms with E-state index in [1.165, 1.54) is 11.1 Å². The van der Waals surface area contributed by atoms with Gasteiger partial charge in [0.25, 0.3) is 0 Å². The molecule has 0 radical (unpaired) electrons. The monoisotopic (exact) mass is 278 g/mol. The van der Waals surface area contributed by atoms with E-state index >= 15 is 0 Å². The Morgan fingerprint density at radius 2 is 1.58 bits per heavy atom. The summed E-state index contributed by atoms with van der Waals surface area (Å²) in [6, 6.07) is 8.43. The molecule has 0 aliphatic heterocycles. The maximum atomic E-state index is 6.20. The molecule has 0 spiro atoms. The molecule has 106 valence electrons. The molecule has 19 heavy (non-hydrogen) atoms. The summed E-state index contributed by atoms with van der Waals surface area (Å²) in [5, 5.41) is 8.00. The van der Waals surface area contributed by atoms with Crippen LogP contribution in [0.15, 0.2) is 34.5 Å². The molecule has 0 saturated heterocycles. The van der Waals surface area contributed by atoms with Crippen LogP contribution in [0.3, 0.4) is 0 Å². The summed E-state index contributed by atoms with van der Waals surface area (Å²) in [5.74, 6) is 0. The van der Waals surface area contributed by atoms with Crippen molar-refractivity contribution in [1.82, 2.24) is 0 Å². The number of hydrogen-bond donors (Lipinski definition) is 0. The first-order chi connectivity index (χ1) is 8.76. The lowest BCUT2D eigenvalue weighted by atomic mass is 10.1. The van der Waals surface area contributed by atoms with Crippen LogP contribution in [-0.4, -0.2) is 15.4 Å². The Morgan fingerprint density at radius 1 is 1.05 bits per heavy atom. The van der Waals surface area contributed by atoms with Crippen LogP contribution in [0, 0.1) is 0 Å². The summed E-state index contributed by atoms with van der Waals surface area (Å²) in [5.41, 5.74) is 2.41. The lowest BCUT2D eigenvalue weighted by molar-refractivity contribution is 0.276. The fraction of sp³-hybridized carbons (Fsp3) is 0.600. The molecule has 0 fully saturated rings. The van der Waals surface area contributed by atoms with E-state index in [0.717, 1.165) is 0 Å². The highest BCUT2D eigenvalue weighted by Gasteiger charge is 2.36. The van der Waals surface area contributed by atoms with E-state index in [0.29, 0.717) is 13.2 Å². The van der Waals surface area contributed by atoms with E-state index < -0.39 is 8.32 Å². The maximum Gasteiger partial charge on any atom is 0.192 e. The summed E-state index contributed by atoms with van der Waals surface area (Å²) >= 11 is 0. The summed E-state index contributed by atoms with van der Waals surface area (Å²) in [7, 11) is 0.0401. The van der Waals surface area contributed by atoms with Gasteiger partial charge in [0.05, 0.1) is 13.2 Å². The van der Waals surface area contributed by atoms with Gasteiger partial charge in [0, 0.05) is 7.05 Å². The first kappa shape index (κ1) is 16.1. The van der Waals surface area contributed by atoms with Crippen molar-refractivity contribution in [2.45, 2.75) is 52.1 Å². The zero-order valence-electron chi connectivity index (χ0n) is 13.0. The average molecular weight is 278 g/mol. The second kappa shape index (κ2) is 6.44. The van der Waals surface area contributed by atoms with Gasteiger partial charge in [-0.15, -0.1) is 0 Å². The first-order valence-corrected chi connectivity index (χ1v) is 9.64. The zero-order chi connectivity index (χ0) is 14.5. The minimum absolute atomic E-state index is 0.258. The van der Waals surface area contributed by atoms with Gasteiger partial charge in [-0.05, 0) is 29.3 Å². The predicted octanol–water partition coefficient (Wildman–Crippen LogP) is 4.79. The molecular formula is C15H26N2OSi. The molecular weight excluding hydrogens is 252 g/mol. The van der Waals surface area contributed by atoms with E-state index in [2.05, 4.69) is 68.4 Å². The molecule has 0 unspecified atom stereocenters. The molecule has 0 atom stereocenters. The molecule has 4 heteroatoms. The topological polar surface area (TPSA) is 34.0 Å². The van der Waals surface area contributed by atoms with Gasteiger partial charge >= 0.3 is 0 Å². The quantitative estimate of drug-likeness (QED) is 0.563. The van der Waals surface area contributed by atoms with Crippen LogP contribution in [0.2, 0.25) is 18.1 Å². The Hall–Kier alpha value is -1.00. The molecule has 0 aliphatic carbocycles. The van der Waals surface area contributed by atoms with Crippen LogP contribution < -0.4 is 0 Å². The third-order valence-corrected chi connectivity index (χ3v) is 8.30. The lowest BCUT2D eigenvalue weighted by Crippen LogP contribution is -2.40. The number of rotatable bonds is 5. The molecule has 3 nitrogen and oxygen atoms in total. The summed E-state index contributed by atoms with van der Waals surface area (Å²) < 4.78 is 6.20. The van der Waals surface area contributed by atoms with Crippen molar-refractivity contribution in [3.05, 3.63) is 35.4 Å². The van der Waals surface area contributed by atoms with Gasteiger partial charge in [0.2, 0.25) is 0 Å². The van der Waals surface area contributed by atoms with Crippen LogP contribution in [0.5, 0.6) is 0 Å². The van der Waals surface area contributed by atoms with Crippen molar-refractivity contribution < 1.29 is 4.43 Å². The van der Waals surface area contributed by atoms with Crippen LogP contribution >= 0.6 is 0 Å². The third kappa shape index (κ3) is 4.88. The van der Waals surface area contributed by atoms with Crippen molar-refractivity contribution in [3.8, 4) is 0 Å². The summed E-state index contributed by atoms with van der Waals surface area (Å²) in [6.45, 7) is 12.7. The number of nitrogens with zero attached hydrogens (tertiary/aromatic N) is 2. The van der Waals surface area contributed by atoms with E-state index in [1.807, 2.05) is 0 Å². The normalized spacial score (nSPS) is 13.2. The van der Waals surface area contributed by atoms with E-state index in [4.69, 9.17) is 4.43 Å². The van der Waals surface area contributed by atoms with Gasteiger partial charge in [0.15, 0.2) is 8.32 Å². The van der Waals surface area contributed by atoms with Gasteiger partial charge in [0.1, 0.15) is 0 Å². The Morgan fingerprint density at radius 3 is 2.05 bits per heavy atom. The maximum absolute atomic E-state index is 6.20. The van der Waals surface area contributed by atoms with Crippen LogP contribution in [0.4, 0.5) is 0 Å². The van der Waals surface area contributed by atoms with E-state index in [9.17, 15) is 0 Å². The van der Waals surface area contributed by atoms with Gasteiger partial charge in [-0.1, -0.05) is 45.0 Å². The van der Waals surface area contributed by atoms with E-state index in [-0.39, 0.29) is 5.04 Å². The molecule has 0 aliphatic rings. The van der Waals surface area contributed by atoms with Gasteiger partial charge in [-0.2, -0.15) is 10.2 Å². The standard InChI is InChI=1S/C15H26N2OSi/c1-15(2,3)19(5,6)18-12-14-9-7-13(8-10-14)11-17-16-4/h7-10H,11-12H2,1-6H3. The number of hydrogen-bond acceptors (Lipinski definition) is 3. The zero-order valence-corrected chi connectivity index (χ0v) is 14.0. The molecule has 1 aromatic carbocycles. The van der Waals surface area contributed by atoms with Crippen molar-refractivity contribution in [2.24, 2.45) is 10.2 Å². The largest absolute Gasteiger partial charge is 0.413 e. The van der Waals surface area contributed by atoms with Crippen molar-refractivity contribution in [1.29, 1.82) is 0 Å². The van der Waals surface area contributed by atoms with Gasteiger partial charge in [-0.25, -0.2) is 0 Å². The van der Waals surface area contributed by atoms with Crippen molar-refractivity contribution >= 4 is 8.32 Å². The molecule has 0 heterocycles. The van der Waals surface area contributed by atoms with Crippen molar-refractivity contribution in [2.75, 3.05) is 7.05 Å². The molecule has 0 aromatic heterocycles. The third-order valence-electron chi connectivity index (χ3n) is 3.82. The van der Waals surface area contributed by atoms with Crippen LogP contribution in [0.1, 0.15) is 31.9 Å². The first-order valence-electron chi connectivity index (χ1n) is 6.73. The smallest absolute Gasteiger partial charge is 0.192 e. The highest BCUT2D eigenvalue weighted by atomic mass is 28.4. The minimum atomic E-state index is -1.66. The summed E-state index contributed by atoms with van der Waals surface area (Å²) in [4.78, 5) is 0. The highest BCUT2D eigenvalue weighted by Crippen LogP contribution is 2.37. The number of azo groups is 1. The fourth-order valence-corrected chi connectivity index (χ4v) is 2.33. The fourth-order valence-electron chi connectivity index (χ4n) is 1.37. The molecule has 0 N–H and O–H groups in total. The Labute approximate surface area is 118 Å². The second-order valence-corrected chi connectivity index (χ2v) is 11.2. The van der Waals surface area contributed by atoms with Crippen LogP contribution in [0.25, 0.3) is 0 Å². The van der Waals surface area contributed by atoms with Crippen LogP contribution in [-0.2, 0) is 17.6 Å². The Balaban J connectivity index is 2.59. The molecule has 0 saturated carbocycles. The highest BCUT2D eigenvalue weighted by molar-refractivity contribution is 6.74. The Kier molecular flexibility index (Phi) is 5.44. The van der Waals surface area contributed by atoms with Crippen molar-refractivity contribution in [3.63, 3.8) is 0 Å². The average Bonchev–Trinajstić information content (AvgIpc) is 2.34.